The number of hydrogen-bond acceptors (Lipinski definition) is 3. The normalized spacial score (nSPS) is 14.3. The van der Waals surface area contributed by atoms with Gasteiger partial charge in [-0.25, -0.2) is 13.9 Å². The molecule has 26 heavy (non-hydrogen) atoms. The number of aliphatic carboxylic acids is 1. The number of nitrogens with one attached hydrogen (secondary N) is 1. The second-order valence-electron chi connectivity index (χ2n) is 7.01. The molecule has 1 heterocycles. The number of aromatic nitrogens is 2. The Kier molecular flexibility index (Phi) is 5.06. The lowest BCUT2D eigenvalue weighted by atomic mass is 10.0. The third kappa shape index (κ3) is 3.61. The standard InChI is InChI=1S/C19H22FN3O3/c1-11(2)9-15(19(25)26)21-18(24)17-14-7-4-8-16(14)23(22-17)13-6-3-5-12(20)10-13/h3,5-6,10-11,15H,4,7-9H2,1-2H3,(H,21,24)(H,25,26)/t15-/m1/s1. The lowest BCUT2D eigenvalue weighted by Gasteiger charge is -2.16. The van der Waals surface area contributed by atoms with Crippen molar-refractivity contribution in [3.63, 3.8) is 0 Å². The highest BCUT2D eigenvalue weighted by Crippen LogP contribution is 2.28. The lowest BCUT2D eigenvalue weighted by Crippen LogP contribution is -2.42. The number of halogens is 1. The van der Waals surface area contributed by atoms with Gasteiger partial charge in [0, 0.05) is 11.3 Å². The SMILES string of the molecule is CC(C)C[C@@H](NC(=O)c1nn(-c2cccc(F)c2)c2c1CCC2)C(=O)O. The van der Waals surface area contributed by atoms with Crippen molar-refractivity contribution in [1.29, 1.82) is 0 Å². The van der Waals surface area contributed by atoms with Crippen molar-refractivity contribution in [2.45, 2.75) is 45.6 Å². The molecular weight excluding hydrogens is 337 g/mol. The fraction of sp³-hybridized carbons (Fsp3) is 0.421. The molecule has 2 N–H and O–H groups in total. The van der Waals surface area contributed by atoms with Gasteiger partial charge in [0.1, 0.15) is 11.9 Å². The summed E-state index contributed by atoms with van der Waals surface area (Å²) in [5, 5.41) is 16.3. The molecule has 0 radical (unpaired) electrons. The highest BCUT2D eigenvalue weighted by atomic mass is 19.1. The van der Waals surface area contributed by atoms with Gasteiger partial charge < -0.3 is 10.4 Å². The van der Waals surface area contributed by atoms with Crippen LogP contribution in [0, 0.1) is 11.7 Å². The Bertz CT molecular complexity index is 845. The number of hydrogen-bond donors (Lipinski definition) is 2. The van der Waals surface area contributed by atoms with E-state index in [1.165, 1.54) is 12.1 Å². The Balaban J connectivity index is 1.92. The van der Waals surface area contributed by atoms with Gasteiger partial charge in [0.2, 0.25) is 0 Å². The maximum atomic E-state index is 13.6. The minimum absolute atomic E-state index is 0.131. The van der Waals surface area contributed by atoms with Gasteiger partial charge in [0.15, 0.2) is 5.69 Å². The predicted octanol–water partition coefficient (Wildman–Crippen LogP) is 2.73. The Labute approximate surface area is 151 Å². The number of fused-ring (bicyclic) bond motifs is 1. The van der Waals surface area contributed by atoms with E-state index in [1.54, 1.807) is 16.8 Å². The number of benzene rings is 1. The van der Waals surface area contributed by atoms with Crippen LogP contribution in [0.1, 0.15) is 48.4 Å². The summed E-state index contributed by atoms with van der Waals surface area (Å²) in [6, 6.07) is 5.08. The summed E-state index contributed by atoms with van der Waals surface area (Å²) in [5.41, 5.74) is 2.49. The second-order valence-corrected chi connectivity index (χ2v) is 7.01. The molecule has 0 unspecified atom stereocenters. The van der Waals surface area contributed by atoms with Crippen LogP contribution in [0.4, 0.5) is 4.39 Å². The molecule has 138 valence electrons. The molecule has 1 amide bonds. The summed E-state index contributed by atoms with van der Waals surface area (Å²) in [7, 11) is 0. The monoisotopic (exact) mass is 359 g/mol. The highest BCUT2D eigenvalue weighted by molar-refractivity contribution is 5.96. The Morgan fingerprint density at radius 3 is 2.77 bits per heavy atom. The molecule has 0 bridgehead atoms. The molecule has 0 saturated carbocycles. The molecule has 3 rings (SSSR count). The van der Waals surface area contributed by atoms with Crippen LogP contribution in [0.3, 0.4) is 0 Å². The average molecular weight is 359 g/mol. The molecule has 1 aliphatic carbocycles. The Morgan fingerprint density at radius 1 is 1.35 bits per heavy atom. The lowest BCUT2D eigenvalue weighted by molar-refractivity contribution is -0.139. The number of carboxylic acid groups (broad SMARTS) is 1. The molecule has 2 aromatic rings. The van der Waals surface area contributed by atoms with E-state index in [1.807, 2.05) is 13.8 Å². The first-order chi connectivity index (χ1) is 12.4. The van der Waals surface area contributed by atoms with Gasteiger partial charge in [-0.05, 0) is 49.8 Å². The molecule has 7 heteroatoms. The third-order valence-electron chi connectivity index (χ3n) is 4.51. The van der Waals surface area contributed by atoms with E-state index in [9.17, 15) is 19.1 Å². The Morgan fingerprint density at radius 2 is 2.12 bits per heavy atom. The first-order valence-corrected chi connectivity index (χ1v) is 8.77. The second kappa shape index (κ2) is 7.27. The summed E-state index contributed by atoms with van der Waals surface area (Å²) in [6.07, 6.45) is 2.68. The van der Waals surface area contributed by atoms with Gasteiger partial charge in [-0.2, -0.15) is 5.10 Å². The molecule has 0 fully saturated rings. The van der Waals surface area contributed by atoms with Crippen molar-refractivity contribution < 1.29 is 19.1 Å². The van der Waals surface area contributed by atoms with E-state index < -0.39 is 17.9 Å². The van der Waals surface area contributed by atoms with Crippen molar-refractivity contribution >= 4 is 11.9 Å². The molecule has 6 nitrogen and oxygen atoms in total. The van der Waals surface area contributed by atoms with Crippen molar-refractivity contribution in [1.82, 2.24) is 15.1 Å². The molecule has 1 aromatic heterocycles. The van der Waals surface area contributed by atoms with Gasteiger partial charge in [-0.1, -0.05) is 19.9 Å². The van der Waals surface area contributed by atoms with E-state index in [2.05, 4.69) is 10.4 Å². The van der Waals surface area contributed by atoms with E-state index >= 15 is 0 Å². The summed E-state index contributed by atoms with van der Waals surface area (Å²) in [6.45, 7) is 3.80. The van der Waals surface area contributed by atoms with Gasteiger partial charge >= 0.3 is 5.97 Å². The van der Waals surface area contributed by atoms with Crippen LogP contribution in [-0.4, -0.2) is 32.8 Å². The van der Waals surface area contributed by atoms with Gasteiger partial charge in [-0.3, -0.25) is 4.79 Å². The van der Waals surface area contributed by atoms with Crippen LogP contribution in [0.15, 0.2) is 24.3 Å². The van der Waals surface area contributed by atoms with Gasteiger partial charge in [-0.15, -0.1) is 0 Å². The van der Waals surface area contributed by atoms with Crippen LogP contribution >= 0.6 is 0 Å². The molecule has 0 aliphatic heterocycles. The molecular formula is C19H22FN3O3. The maximum absolute atomic E-state index is 13.6. The maximum Gasteiger partial charge on any atom is 0.326 e. The fourth-order valence-corrected chi connectivity index (χ4v) is 3.36. The summed E-state index contributed by atoms with van der Waals surface area (Å²) in [4.78, 5) is 24.1. The van der Waals surface area contributed by atoms with Crippen LogP contribution in [0.5, 0.6) is 0 Å². The van der Waals surface area contributed by atoms with Crippen LogP contribution in [0.25, 0.3) is 5.69 Å². The van der Waals surface area contributed by atoms with Crippen molar-refractivity contribution in [3.05, 3.63) is 47.0 Å². The number of carbonyl (C=O) groups excluding carboxylic acids is 1. The van der Waals surface area contributed by atoms with Crippen molar-refractivity contribution in [3.8, 4) is 5.69 Å². The van der Waals surface area contributed by atoms with Gasteiger partial charge in [0.25, 0.3) is 5.91 Å². The Hall–Kier alpha value is -2.70. The first kappa shape index (κ1) is 18.1. The fourth-order valence-electron chi connectivity index (χ4n) is 3.36. The third-order valence-corrected chi connectivity index (χ3v) is 4.51. The minimum Gasteiger partial charge on any atom is -0.480 e. The van der Waals surface area contributed by atoms with Gasteiger partial charge in [0.05, 0.1) is 5.69 Å². The van der Waals surface area contributed by atoms with Crippen molar-refractivity contribution in [2.24, 2.45) is 5.92 Å². The zero-order valence-corrected chi connectivity index (χ0v) is 14.8. The van der Waals surface area contributed by atoms with Crippen LogP contribution in [0.2, 0.25) is 0 Å². The number of carbonyl (C=O) groups is 2. The average Bonchev–Trinajstić information content (AvgIpc) is 3.15. The highest BCUT2D eigenvalue weighted by Gasteiger charge is 2.29. The number of carboxylic acids is 1. The largest absolute Gasteiger partial charge is 0.480 e. The van der Waals surface area contributed by atoms with E-state index in [0.717, 1.165) is 24.1 Å². The number of amides is 1. The number of nitrogens with zero attached hydrogens (tertiary/aromatic N) is 2. The molecule has 1 aliphatic rings. The van der Waals surface area contributed by atoms with E-state index in [4.69, 9.17) is 0 Å². The zero-order chi connectivity index (χ0) is 18.8. The minimum atomic E-state index is -1.06. The zero-order valence-electron chi connectivity index (χ0n) is 14.8. The molecule has 1 aromatic carbocycles. The van der Waals surface area contributed by atoms with Crippen molar-refractivity contribution in [2.75, 3.05) is 0 Å². The van der Waals surface area contributed by atoms with Crippen LogP contribution < -0.4 is 5.32 Å². The molecule has 0 saturated heterocycles. The smallest absolute Gasteiger partial charge is 0.326 e. The molecule has 1 atom stereocenters. The van der Waals surface area contributed by atoms with E-state index in [-0.39, 0.29) is 17.4 Å². The molecule has 0 spiro atoms. The summed E-state index contributed by atoms with van der Waals surface area (Å²) < 4.78 is 15.2. The number of rotatable bonds is 6. The topological polar surface area (TPSA) is 84.2 Å². The summed E-state index contributed by atoms with van der Waals surface area (Å²) in [5.74, 6) is -1.80. The summed E-state index contributed by atoms with van der Waals surface area (Å²) >= 11 is 0. The first-order valence-electron chi connectivity index (χ1n) is 8.77. The van der Waals surface area contributed by atoms with E-state index in [0.29, 0.717) is 18.5 Å². The quantitative estimate of drug-likeness (QED) is 0.831. The van der Waals surface area contributed by atoms with Crippen LogP contribution in [-0.2, 0) is 17.6 Å². The predicted molar refractivity (Wildman–Crippen MR) is 93.9 cm³/mol.